The Bertz CT molecular complexity index is 1970. The SMILES string of the molecule is CC(C)=CC(C)(C)c1c(C)c2c3ccccc3c1OC(=O)Oc1c(C)c(C(C)(C)C/C=C(\C)C(C)C)c(c3ccccc13)OC(=O)O2. The molecule has 0 radical (unpaired) electrons. The van der Waals surface area contributed by atoms with E-state index in [-0.39, 0.29) is 0 Å². The average Bonchev–Trinajstić information content (AvgIpc) is 2.98. The number of carbonyl (C=O) groups excluding carboxylic acids is 2. The first-order chi connectivity index (χ1) is 22.0. The molecule has 4 bridgehead atoms. The molecule has 47 heavy (non-hydrogen) atoms. The molecule has 0 unspecified atom stereocenters. The van der Waals surface area contributed by atoms with E-state index in [1.54, 1.807) is 0 Å². The van der Waals surface area contributed by atoms with Gasteiger partial charge in [0.25, 0.3) is 0 Å². The second kappa shape index (κ2) is 12.6. The van der Waals surface area contributed by atoms with Gasteiger partial charge < -0.3 is 18.9 Å². The summed E-state index contributed by atoms with van der Waals surface area (Å²) in [7, 11) is 0. The molecule has 0 aromatic heterocycles. The molecule has 0 saturated heterocycles. The van der Waals surface area contributed by atoms with E-state index in [2.05, 4.69) is 46.8 Å². The molecule has 0 saturated carbocycles. The Balaban J connectivity index is 1.82. The molecule has 4 aromatic carbocycles. The molecule has 2 aliphatic rings. The molecule has 0 aliphatic carbocycles. The summed E-state index contributed by atoms with van der Waals surface area (Å²) >= 11 is 0. The molecular weight excluding hydrogens is 588 g/mol. The Morgan fingerprint density at radius 2 is 1.04 bits per heavy atom. The number of fused-ring (bicyclic) bond motifs is 6. The molecular formula is C41H46O6. The highest BCUT2D eigenvalue weighted by Crippen LogP contribution is 2.50. The van der Waals surface area contributed by atoms with Gasteiger partial charge >= 0.3 is 12.3 Å². The Morgan fingerprint density at radius 3 is 1.47 bits per heavy atom. The summed E-state index contributed by atoms with van der Waals surface area (Å²) in [5.41, 5.74) is 4.02. The number of rotatable bonds is 6. The van der Waals surface area contributed by atoms with E-state index in [9.17, 15) is 9.59 Å². The van der Waals surface area contributed by atoms with Crippen molar-refractivity contribution in [2.24, 2.45) is 5.92 Å². The number of benzene rings is 4. The zero-order valence-corrected chi connectivity index (χ0v) is 29.5. The van der Waals surface area contributed by atoms with E-state index < -0.39 is 23.1 Å². The van der Waals surface area contributed by atoms with Crippen molar-refractivity contribution in [2.45, 2.75) is 93.4 Å². The zero-order valence-electron chi connectivity index (χ0n) is 29.5. The quantitative estimate of drug-likeness (QED) is 0.119. The average molecular weight is 635 g/mol. The van der Waals surface area contributed by atoms with Crippen LogP contribution in [0.15, 0.2) is 71.8 Å². The van der Waals surface area contributed by atoms with Crippen LogP contribution in [-0.2, 0) is 10.8 Å². The van der Waals surface area contributed by atoms with Crippen LogP contribution in [0, 0.1) is 19.8 Å². The summed E-state index contributed by atoms with van der Waals surface area (Å²) in [4.78, 5) is 28.0. The van der Waals surface area contributed by atoms with Gasteiger partial charge in [0, 0.05) is 49.2 Å². The van der Waals surface area contributed by atoms with Crippen LogP contribution in [0.2, 0.25) is 0 Å². The van der Waals surface area contributed by atoms with Gasteiger partial charge in [-0.3, -0.25) is 0 Å². The summed E-state index contributed by atoms with van der Waals surface area (Å²) in [6.07, 6.45) is 3.29. The Hall–Kier alpha value is -4.58. The summed E-state index contributed by atoms with van der Waals surface area (Å²) in [5, 5.41) is 2.48. The number of hydrogen-bond acceptors (Lipinski definition) is 6. The summed E-state index contributed by atoms with van der Waals surface area (Å²) in [6, 6.07) is 14.9. The lowest BCUT2D eigenvalue weighted by Crippen LogP contribution is -2.26. The van der Waals surface area contributed by atoms with Gasteiger partial charge in [-0.15, -0.1) is 0 Å². The maximum absolute atomic E-state index is 14.0. The molecule has 0 N–H and O–H groups in total. The molecule has 6 nitrogen and oxygen atoms in total. The lowest BCUT2D eigenvalue weighted by Gasteiger charge is -2.32. The minimum absolute atomic E-state index is 0.350. The summed E-state index contributed by atoms with van der Waals surface area (Å²) in [5.74, 6) is 1.84. The minimum atomic E-state index is -0.855. The van der Waals surface area contributed by atoms with Crippen LogP contribution >= 0.6 is 0 Å². The van der Waals surface area contributed by atoms with E-state index in [4.69, 9.17) is 18.9 Å². The number of carbonyl (C=O) groups is 2. The Kier molecular flexibility index (Phi) is 9.02. The lowest BCUT2D eigenvalue weighted by atomic mass is 9.76. The highest BCUT2D eigenvalue weighted by molar-refractivity contribution is 6.01. The number of allylic oxidation sites excluding steroid dienone is 4. The first-order valence-electron chi connectivity index (χ1n) is 16.3. The third-order valence-corrected chi connectivity index (χ3v) is 9.28. The van der Waals surface area contributed by atoms with Crippen LogP contribution in [0.1, 0.15) is 91.0 Å². The van der Waals surface area contributed by atoms with Crippen molar-refractivity contribution in [3.8, 4) is 23.0 Å². The molecule has 2 heterocycles. The smallest absolute Gasteiger partial charge is 0.394 e. The monoisotopic (exact) mass is 634 g/mol. The van der Waals surface area contributed by atoms with Crippen molar-refractivity contribution < 1.29 is 28.5 Å². The van der Waals surface area contributed by atoms with Gasteiger partial charge in [0.05, 0.1) is 0 Å². The molecule has 4 aromatic rings. The predicted molar refractivity (Wildman–Crippen MR) is 189 cm³/mol. The fourth-order valence-corrected chi connectivity index (χ4v) is 6.99. The van der Waals surface area contributed by atoms with Gasteiger partial charge in [-0.2, -0.15) is 0 Å². The van der Waals surface area contributed by atoms with E-state index in [1.807, 2.05) is 90.1 Å². The normalized spacial score (nSPS) is 14.2. The van der Waals surface area contributed by atoms with Crippen molar-refractivity contribution in [3.63, 3.8) is 0 Å². The largest absolute Gasteiger partial charge is 0.519 e. The summed E-state index contributed by atoms with van der Waals surface area (Å²) in [6.45, 7) is 22.5. The lowest BCUT2D eigenvalue weighted by molar-refractivity contribution is 0.147. The maximum atomic E-state index is 14.0. The van der Waals surface area contributed by atoms with Crippen LogP contribution in [-0.4, -0.2) is 12.3 Å². The molecule has 6 rings (SSSR count). The van der Waals surface area contributed by atoms with Gasteiger partial charge in [-0.25, -0.2) is 9.59 Å². The van der Waals surface area contributed by atoms with Crippen molar-refractivity contribution in [1.82, 2.24) is 0 Å². The molecule has 0 amide bonds. The molecule has 0 spiro atoms. The third-order valence-electron chi connectivity index (χ3n) is 9.28. The maximum Gasteiger partial charge on any atom is 0.519 e. The molecule has 0 fully saturated rings. The van der Waals surface area contributed by atoms with E-state index >= 15 is 0 Å². The predicted octanol–water partition coefficient (Wildman–Crippen LogP) is 11.6. The standard InChI is InChI=1S/C41H46O6/c1-23(2)22-41(10,11)33-27(7)35-29-17-13-15-19-31(29)37(33)47-39(43)44-34-26(6)32(40(8,9)21-20-25(5)24(3)4)36(46-38(42)45-35)30-18-14-12-16-28(30)34/h12-20,22,24H,21H2,1-11H3/b25-20+. The van der Waals surface area contributed by atoms with Gasteiger partial charge in [-0.1, -0.05) is 113 Å². The van der Waals surface area contributed by atoms with Gasteiger partial charge in [0.2, 0.25) is 0 Å². The first kappa shape index (κ1) is 33.8. The first-order valence-corrected chi connectivity index (χ1v) is 16.3. The molecule has 6 heteroatoms. The van der Waals surface area contributed by atoms with Crippen LogP contribution in [0.3, 0.4) is 0 Å². The molecule has 0 atom stereocenters. The van der Waals surface area contributed by atoms with E-state index in [1.165, 1.54) is 5.57 Å². The van der Waals surface area contributed by atoms with Crippen molar-refractivity contribution in [3.05, 3.63) is 94.1 Å². The number of hydrogen-bond donors (Lipinski definition) is 0. The fraction of sp³-hybridized carbons (Fsp3) is 0.366. The molecule has 2 aliphatic heterocycles. The zero-order chi connectivity index (χ0) is 34.4. The van der Waals surface area contributed by atoms with Crippen LogP contribution in [0.25, 0.3) is 21.5 Å². The fourth-order valence-electron chi connectivity index (χ4n) is 6.99. The van der Waals surface area contributed by atoms with Gasteiger partial charge in [0.1, 0.15) is 23.0 Å². The van der Waals surface area contributed by atoms with Crippen molar-refractivity contribution in [1.29, 1.82) is 0 Å². The molecule has 246 valence electrons. The van der Waals surface area contributed by atoms with Gasteiger partial charge in [0.15, 0.2) is 0 Å². The second-order valence-electron chi connectivity index (χ2n) is 14.5. The van der Waals surface area contributed by atoms with E-state index in [0.717, 1.165) is 11.1 Å². The van der Waals surface area contributed by atoms with Crippen LogP contribution in [0.5, 0.6) is 23.0 Å². The highest BCUT2D eigenvalue weighted by Gasteiger charge is 2.36. The Morgan fingerprint density at radius 1 is 0.660 bits per heavy atom. The second-order valence-corrected chi connectivity index (χ2v) is 14.5. The van der Waals surface area contributed by atoms with Crippen LogP contribution < -0.4 is 18.9 Å². The van der Waals surface area contributed by atoms with Gasteiger partial charge in [-0.05, 0) is 52.4 Å². The van der Waals surface area contributed by atoms with Crippen molar-refractivity contribution in [2.75, 3.05) is 0 Å². The Labute approximate surface area is 278 Å². The third kappa shape index (κ3) is 6.38. The van der Waals surface area contributed by atoms with Crippen LogP contribution in [0.4, 0.5) is 9.59 Å². The topological polar surface area (TPSA) is 71.1 Å². The van der Waals surface area contributed by atoms with E-state index in [0.29, 0.717) is 73.6 Å². The van der Waals surface area contributed by atoms with Crippen molar-refractivity contribution >= 4 is 33.9 Å². The minimum Gasteiger partial charge on any atom is -0.394 e. The number of ether oxygens (including phenoxy) is 4. The summed E-state index contributed by atoms with van der Waals surface area (Å²) < 4.78 is 24.9. The highest BCUT2D eigenvalue weighted by atomic mass is 16.7.